The van der Waals surface area contributed by atoms with Crippen LogP contribution in [0.15, 0.2) is 24.3 Å². The van der Waals surface area contributed by atoms with Crippen LogP contribution in [0.5, 0.6) is 0 Å². The Balaban J connectivity index is 0.00000208. The molecular formula is C17H23ClFN3O2. The quantitative estimate of drug-likeness (QED) is 0.897. The Morgan fingerprint density at radius 3 is 2.50 bits per heavy atom. The minimum absolute atomic E-state index is 0. The van der Waals surface area contributed by atoms with Gasteiger partial charge in [0.25, 0.3) is 5.91 Å². The van der Waals surface area contributed by atoms with Crippen molar-refractivity contribution in [2.75, 3.05) is 32.7 Å². The lowest BCUT2D eigenvalue weighted by Crippen LogP contribution is -2.51. The first-order valence-electron chi connectivity index (χ1n) is 8.19. The summed E-state index contributed by atoms with van der Waals surface area (Å²) in [6, 6.07) is 6.04. The molecule has 1 atom stereocenters. The monoisotopic (exact) mass is 355 g/mol. The second-order valence-corrected chi connectivity index (χ2v) is 6.18. The zero-order valence-electron chi connectivity index (χ0n) is 13.5. The number of rotatable bonds is 3. The van der Waals surface area contributed by atoms with Gasteiger partial charge in [0.15, 0.2) is 0 Å². The number of carbonyl (C=O) groups excluding carboxylic acids is 2. The molecule has 0 radical (unpaired) electrons. The minimum atomic E-state index is -0.409. The molecule has 0 spiro atoms. The zero-order chi connectivity index (χ0) is 16.2. The highest BCUT2D eigenvalue weighted by atomic mass is 35.5. The van der Waals surface area contributed by atoms with Gasteiger partial charge in [-0.05, 0) is 37.6 Å². The van der Waals surface area contributed by atoms with Gasteiger partial charge in [-0.2, -0.15) is 0 Å². The molecule has 2 aliphatic rings. The second-order valence-electron chi connectivity index (χ2n) is 6.18. The zero-order valence-corrected chi connectivity index (χ0v) is 14.4. The van der Waals surface area contributed by atoms with Crippen molar-refractivity contribution in [2.45, 2.75) is 25.3 Å². The first-order chi connectivity index (χ1) is 11.1. The summed E-state index contributed by atoms with van der Waals surface area (Å²) >= 11 is 0. The van der Waals surface area contributed by atoms with Gasteiger partial charge >= 0.3 is 0 Å². The Morgan fingerprint density at radius 1 is 1.17 bits per heavy atom. The van der Waals surface area contributed by atoms with Gasteiger partial charge in [0.1, 0.15) is 5.82 Å². The van der Waals surface area contributed by atoms with E-state index in [-0.39, 0.29) is 24.2 Å². The van der Waals surface area contributed by atoms with Crippen LogP contribution in [0.2, 0.25) is 0 Å². The predicted octanol–water partition coefficient (Wildman–Crippen LogP) is 1.67. The van der Waals surface area contributed by atoms with Gasteiger partial charge in [-0.25, -0.2) is 4.39 Å². The Kier molecular flexibility index (Phi) is 6.57. The number of hydrogen-bond donors (Lipinski definition) is 1. The molecule has 5 nitrogen and oxygen atoms in total. The van der Waals surface area contributed by atoms with E-state index in [4.69, 9.17) is 0 Å². The van der Waals surface area contributed by atoms with Gasteiger partial charge in [0.2, 0.25) is 5.91 Å². The molecule has 0 aliphatic carbocycles. The normalized spacial score (nSPS) is 20.6. The number of piperazine rings is 1. The molecule has 1 aromatic rings. The second kappa shape index (κ2) is 8.44. The van der Waals surface area contributed by atoms with Crippen molar-refractivity contribution in [1.82, 2.24) is 15.1 Å². The molecule has 0 bridgehead atoms. The van der Waals surface area contributed by atoms with Crippen LogP contribution in [0.1, 0.15) is 29.6 Å². The Bertz CT molecular complexity index is 585. The van der Waals surface area contributed by atoms with Gasteiger partial charge in [-0.1, -0.05) is 6.07 Å². The Hall–Kier alpha value is -1.66. The van der Waals surface area contributed by atoms with Crippen LogP contribution in [-0.4, -0.2) is 60.4 Å². The highest BCUT2D eigenvalue weighted by molar-refractivity contribution is 5.94. The highest BCUT2D eigenvalue weighted by Crippen LogP contribution is 2.14. The van der Waals surface area contributed by atoms with Gasteiger partial charge in [0.05, 0.1) is 0 Å². The summed E-state index contributed by atoms with van der Waals surface area (Å²) in [5.74, 6) is -0.426. The lowest BCUT2D eigenvalue weighted by Gasteiger charge is -2.35. The number of amides is 2. The largest absolute Gasteiger partial charge is 0.339 e. The topological polar surface area (TPSA) is 52.7 Å². The lowest BCUT2D eigenvalue weighted by molar-refractivity contribution is -0.133. The van der Waals surface area contributed by atoms with E-state index >= 15 is 0 Å². The molecule has 132 valence electrons. The molecule has 0 saturated carbocycles. The predicted molar refractivity (Wildman–Crippen MR) is 91.8 cm³/mol. The summed E-state index contributed by atoms with van der Waals surface area (Å²) in [6.45, 7) is 3.09. The molecule has 3 rings (SSSR count). The van der Waals surface area contributed by atoms with Crippen molar-refractivity contribution in [3.05, 3.63) is 35.6 Å². The van der Waals surface area contributed by atoms with Crippen molar-refractivity contribution in [2.24, 2.45) is 0 Å². The molecule has 2 aliphatic heterocycles. The first kappa shape index (κ1) is 18.7. The third kappa shape index (κ3) is 4.45. The van der Waals surface area contributed by atoms with E-state index in [1.807, 2.05) is 4.90 Å². The van der Waals surface area contributed by atoms with E-state index in [0.29, 0.717) is 44.2 Å². The van der Waals surface area contributed by atoms with Gasteiger partial charge in [-0.3, -0.25) is 9.59 Å². The van der Waals surface area contributed by atoms with E-state index < -0.39 is 5.82 Å². The molecule has 2 heterocycles. The summed E-state index contributed by atoms with van der Waals surface area (Å²) in [5, 5.41) is 3.33. The maximum atomic E-state index is 13.2. The molecule has 24 heavy (non-hydrogen) atoms. The SMILES string of the molecule is Cl.O=C(CC1CCCN1)N1CCN(C(=O)c2cccc(F)c2)CC1. The molecule has 7 heteroatoms. The van der Waals surface area contributed by atoms with Crippen molar-refractivity contribution >= 4 is 24.2 Å². The van der Waals surface area contributed by atoms with Crippen LogP contribution >= 0.6 is 12.4 Å². The fourth-order valence-corrected chi connectivity index (χ4v) is 3.23. The number of benzene rings is 1. The fourth-order valence-electron chi connectivity index (χ4n) is 3.23. The molecule has 0 aromatic heterocycles. The minimum Gasteiger partial charge on any atom is -0.339 e. The van der Waals surface area contributed by atoms with Gasteiger partial charge in [-0.15, -0.1) is 12.4 Å². The average Bonchev–Trinajstić information content (AvgIpc) is 3.07. The molecule has 2 fully saturated rings. The summed E-state index contributed by atoms with van der Waals surface area (Å²) in [6.07, 6.45) is 2.73. The number of carbonyl (C=O) groups is 2. The number of nitrogens with one attached hydrogen (secondary N) is 1. The van der Waals surface area contributed by atoms with Crippen molar-refractivity contribution < 1.29 is 14.0 Å². The lowest BCUT2D eigenvalue weighted by atomic mass is 10.1. The maximum absolute atomic E-state index is 13.2. The van der Waals surface area contributed by atoms with Gasteiger partial charge < -0.3 is 15.1 Å². The third-order valence-corrected chi connectivity index (χ3v) is 4.57. The van der Waals surface area contributed by atoms with E-state index in [1.165, 1.54) is 18.2 Å². The molecule has 1 unspecified atom stereocenters. The van der Waals surface area contributed by atoms with E-state index in [0.717, 1.165) is 19.4 Å². The van der Waals surface area contributed by atoms with Crippen LogP contribution in [-0.2, 0) is 4.79 Å². The molecule has 2 saturated heterocycles. The summed E-state index contributed by atoms with van der Waals surface area (Å²) < 4.78 is 13.2. The number of nitrogens with zero attached hydrogens (tertiary/aromatic N) is 2. The maximum Gasteiger partial charge on any atom is 0.254 e. The van der Waals surface area contributed by atoms with Crippen LogP contribution in [0.25, 0.3) is 0 Å². The smallest absolute Gasteiger partial charge is 0.254 e. The number of hydrogen-bond acceptors (Lipinski definition) is 3. The van der Waals surface area contributed by atoms with Gasteiger partial charge in [0, 0.05) is 44.2 Å². The average molecular weight is 356 g/mol. The van der Waals surface area contributed by atoms with Crippen LogP contribution in [0.4, 0.5) is 4.39 Å². The Morgan fingerprint density at radius 2 is 1.88 bits per heavy atom. The van der Waals surface area contributed by atoms with E-state index in [2.05, 4.69) is 5.32 Å². The standard InChI is InChI=1S/C17H22FN3O2.ClH/c18-14-4-1-3-13(11-14)17(23)21-9-7-20(8-10-21)16(22)12-15-5-2-6-19-15;/h1,3-4,11,15,19H,2,5-10,12H2;1H. The molecule has 2 amide bonds. The molecule has 1 N–H and O–H groups in total. The van der Waals surface area contributed by atoms with Crippen LogP contribution in [0, 0.1) is 5.82 Å². The summed E-state index contributed by atoms with van der Waals surface area (Å²) in [5.41, 5.74) is 0.361. The van der Waals surface area contributed by atoms with Crippen molar-refractivity contribution in [1.29, 1.82) is 0 Å². The Labute approximate surface area is 147 Å². The van der Waals surface area contributed by atoms with Crippen molar-refractivity contribution in [3.8, 4) is 0 Å². The fraction of sp³-hybridized carbons (Fsp3) is 0.529. The van der Waals surface area contributed by atoms with E-state index in [1.54, 1.807) is 11.0 Å². The molecule has 1 aromatic carbocycles. The summed E-state index contributed by atoms with van der Waals surface area (Å²) in [7, 11) is 0. The van der Waals surface area contributed by atoms with Crippen molar-refractivity contribution in [3.63, 3.8) is 0 Å². The van der Waals surface area contributed by atoms with E-state index in [9.17, 15) is 14.0 Å². The third-order valence-electron chi connectivity index (χ3n) is 4.57. The van der Waals surface area contributed by atoms with Crippen LogP contribution in [0.3, 0.4) is 0 Å². The van der Waals surface area contributed by atoms with Crippen LogP contribution < -0.4 is 5.32 Å². The molecular weight excluding hydrogens is 333 g/mol. The summed E-state index contributed by atoms with van der Waals surface area (Å²) in [4.78, 5) is 28.1. The highest BCUT2D eigenvalue weighted by Gasteiger charge is 2.27. The first-order valence-corrected chi connectivity index (χ1v) is 8.19. The number of halogens is 2.